The zero-order valence-electron chi connectivity index (χ0n) is 12.0. The molecule has 1 heterocycles. The Morgan fingerprint density at radius 2 is 2.10 bits per heavy atom. The Bertz CT molecular complexity index is 473. The minimum absolute atomic E-state index is 0.410. The molecular formula is C16H21NOS2. The van der Waals surface area contributed by atoms with Crippen LogP contribution in [0.2, 0.25) is 0 Å². The maximum Gasteiger partial charge on any atom is 0.141 e. The van der Waals surface area contributed by atoms with Crippen LogP contribution in [0.5, 0.6) is 0 Å². The molecule has 0 bridgehead atoms. The van der Waals surface area contributed by atoms with Crippen molar-refractivity contribution in [2.24, 2.45) is 0 Å². The van der Waals surface area contributed by atoms with Gasteiger partial charge in [0.25, 0.3) is 0 Å². The molecule has 4 heteroatoms. The number of hydrogen-bond acceptors (Lipinski definition) is 3. The van der Waals surface area contributed by atoms with E-state index >= 15 is 0 Å². The van der Waals surface area contributed by atoms with E-state index < -0.39 is 0 Å². The van der Waals surface area contributed by atoms with Crippen LogP contribution in [0.3, 0.4) is 0 Å². The van der Waals surface area contributed by atoms with Gasteiger partial charge in [0, 0.05) is 18.6 Å². The molecule has 0 aliphatic carbocycles. The van der Waals surface area contributed by atoms with Crippen molar-refractivity contribution in [3.63, 3.8) is 0 Å². The second kappa shape index (κ2) is 7.81. The lowest BCUT2D eigenvalue weighted by Gasteiger charge is -2.25. The quantitative estimate of drug-likeness (QED) is 0.731. The van der Waals surface area contributed by atoms with E-state index in [-0.39, 0.29) is 0 Å². The number of thioether (sulfide) groups is 1. The minimum Gasteiger partial charge on any atom is -0.383 e. The maximum atomic E-state index is 5.53. The third-order valence-electron chi connectivity index (χ3n) is 3.35. The maximum absolute atomic E-state index is 5.53. The van der Waals surface area contributed by atoms with Crippen molar-refractivity contribution in [2.45, 2.75) is 25.8 Å². The van der Waals surface area contributed by atoms with E-state index in [1.54, 1.807) is 18.9 Å². The molecule has 2 rings (SSSR count). The summed E-state index contributed by atoms with van der Waals surface area (Å²) in [5.41, 5.74) is 1.24. The van der Waals surface area contributed by atoms with Crippen LogP contribution in [0, 0.1) is 0 Å². The summed E-state index contributed by atoms with van der Waals surface area (Å²) in [7, 11) is 1.74. The van der Waals surface area contributed by atoms with Crippen LogP contribution in [0.1, 0.15) is 25.3 Å². The molecule has 1 aliphatic rings. The Balaban J connectivity index is 2.19. The van der Waals surface area contributed by atoms with Crippen LogP contribution in [0.15, 0.2) is 35.2 Å². The van der Waals surface area contributed by atoms with Crippen molar-refractivity contribution in [1.29, 1.82) is 0 Å². The molecule has 0 amide bonds. The van der Waals surface area contributed by atoms with Crippen molar-refractivity contribution >= 4 is 34.4 Å². The highest BCUT2D eigenvalue weighted by Gasteiger charge is 2.32. The molecule has 20 heavy (non-hydrogen) atoms. The Labute approximate surface area is 131 Å². The second-order valence-electron chi connectivity index (χ2n) is 4.82. The summed E-state index contributed by atoms with van der Waals surface area (Å²) in [6.07, 6.45) is 4.56. The molecule has 0 radical (unpaired) electrons. The molecule has 1 atom stereocenters. The van der Waals surface area contributed by atoms with E-state index in [0.717, 1.165) is 30.3 Å². The van der Waals surface area contributed by atoms with Crippen LogP contribution < -0.4 is 0 Å². The summed E-state index contributed by atoms with van der Waals surface area (Å²) in [5.74, 6) is 0. The number of methoxy groups -OCH3 is 1. The molecule has 0 aromatic heterocycles. The van der Waals surface area contributed by atoms with E-state index in [2.05, 4.69) is 42.2 Å². The molecule has 1 unspecified atom stereocenters. The third-order valence-corrected chi connectivity index (χ3v) is 4.87. The lowest BCUT2D eigenvalue weighted by Crippen LogP contribution is -2.35. The van der Waals surface area contributed by atoms with Crippen molar-refractivity contribution < 1.29 is 4.74 Å². The van der Waals surface area contributed by atoms with E-state index in [1.807, 2.05) is 6.07 Å². The van der Waals surface area contributed by atoms with Gasteiger partial charge in [0.2, 0.25) is 0 Å². The van der Waals surface area contributed by atoms with Gasteiger partial charge in [-0.3, -0.25) is 0 Å². The third kappa shape index (κ3) is 3.84. The van der Waals surface area contributed by atoms with Gasteiger partial charge in [-0.15, -0.1) is 0 Å². The van der Waals surface area contributed by atoms with Crippen LogP contribution in [0.25, 0.3) is 6.08 Å². The first-order chi connectivity index (χ1) is 9.76. The Morgan fingerprint density at radius 3 is 2.75 bits per heavy atom. The molecule has 1 aliphatic heterocycles. The number of hydrogen-bond donors (Lipinski definition) is 0. The number of benzene rings is 1. The Hall–Kier alpha value is -0.840. The normalized spacial score (nSPS) is 20.9. The first-order valence-electron chi connectivity index (χ1n) is 7.00. The summed E-state index contributed by atoms with van der Waals surface area (Å²) in [4.78, 5) is 3.67. The Kier molecular flexibility index (Phi) is 6.07. The van der Waals surface area contributed by atoms with Gasteiger partial charge in [0.15, 0.2) is 0 Å². The van der Waals surface area contributed by atoms with E-state index in [1.165, 1.54) is 10.5 Å². The molecule has 1 aromatic carbocycles. The first-order valence-corrected chi connectivity index (χ1v) is 8.22. The fourth-order valence-corrected chi connectivity index (χ4v) is 3.98. The predicted molar refractivity (Wildman–Crippen MR) is 91.9 cm³/mol. The molecule has 108 valence electrons. The van der Waals surface area contributed by atoms with Crippen LogP contribution >= 0.6 is 24.0 Å². The van der Waals surface area contributed by atoms with Crippen molar-refractivity contribution in [3.05, 3.63) is 40.8 Å². The average molecular weight is 307 g/mol. The Morgan fingerprint density at radius 1 is 1.35 bits per heavy atom. The molecular weight excluding hydrogens is 286 g/mol. The highest BCUT2D eigenvalue weighted by atomic mass is 32.2. The zero-order valence-corrected chi connectivity index (χ0v) is 13.7. The molecule has 1 fully saturated rings. The number of ether oxygens (including phenoxy) is 1. The number of thiocarbonyl (C=S) groups is 1. The summed E-state index contributed by atoms with van der Waals surface area (Å²) < 4.78 is 6.18. The van der Waals surface area contributed by atoms with E-state index in [0.29, 0.717) is 6.04 Å². The van der Waals surface area contributed by atoms with Gasteiger partial charge in [0.1, 0.15) is 4.32 Å². The van der Waals surface area contributed by atoms with Gasteiger partial charge in [0.05, 0.1) is 12.6 Å². The highest BCUT2D eigenvalue weighted by Crippen LogP contribution is 2.38. The van der Waals surface area contributed by atoms with Crippen LogP contribution in [-0.2, 0) is 4.74 Å². The fraction of sp³-hybridized carbons (Fsp3) is 0.438. The molecule has 1 aromatic rings. The fourth-order valence-electron chi connectivity index (χ4n) is 2.36. The van der Waals surface area contributed by atoms with Gasteiger partial charge < -0.3 is 9.64 Å². The second-order valence-corrected chi connectivity index (χ2v) is 6.52. The van der Waals surface area contributed by atoms with Gasteiger partial charge in [-0.25, -0.2) is 0 Å². The predicted octanol–water partition coefficient (Wildman–Crippen LogP) is 4.18. The molecule has 0 spiro atoms. The number of rotatable bonds is 6. The van der Waals surface area contributed by atoms with Gasteiger partial charge in [-0.2, -0.15) is 0 Å². The molecule has 0 N–H and O–H groups in total. The smallest absolute Gasteiger partial charge is 0.141 e. The standard InChI is InChI=1S/C16H21NOS2/c1-3-7-14-15(12-13-8-5-4-6-9-13)20-16(19)17(14)10-11-18-2/h4-6,8-9,12,14H,3,7,10-11H2,1-2H3/b15-12-. The first kappa shape index (κ1) is 15.5. The largest absolute Gasteiger partial charge is 0.383 e. The molecule has 0 saturated carbocycles. The van der Waals surface area contributed by atoms with Crippen molar-refractivity contribution in [3.8, 4) is 0 Å². The summed E-state index contributed by atoms with van der Waals surface area (Å²) in [6, 6.07) is 10.9. The lowest BCUT2D eigenvalue weighted by atomic mass is 10.1. The monoisotopic (exact) mass is 307 g/mol. The average Bonchev–Trinajstić information content (AvgIpc) is 2.74. The highest BCUT2D eigenvalue weighted by molar-refractivity contribution is 8.26. The van der Waals surface area contributed by atoms with Gasteiger partial charge in [-0.05, 0) is 18.1 Å². The van der Waals surface area contributed by atoms with Crippen LogP contribution in [-0.4, -0.2) is 35.5 Å². The summed E-state index contributed by atoms with van der Waals surface area (Å²) >= 11 is 7.26. The lowest BCUT2D eigenvalue weighted by molar-refractivity contribution is 0.169. The molecule has 1 saturated heterocycles. The zero-order chi connectivity index (χ0) is 14.4. The summed E-state index contributed by atoms with van der Waals surface area (Å²) in [6.45, 7) is 3.82. The van der Waals surface area contributed by atoms with Crippen molar-refractivity contribution in [2.75, 3.05) is 20.3 Å². The SMILES string of the molecule is CCCC1/C(=C/c2ccccc2)SC(=S)N1CCOC. The van der Waals surface area contributed by atoms with Gasteiger partial charge >= 0.3 is 0 Å². The van der Waals surface area contributed by atoms with Crippen LogP contribution in [0.4, 0.5) is 0 Å². The van der Waals surface area contributed by atoms with Crippen molar-refractivity contribution in [1.82, 2.24) is 4.90 Å². The van der Waals surface area contributed by atoms with E-state index in [4.69, 9.17) is 17.0 Å². The topological polar surface area (TPSA) is 12.5 Å². The number of nitrogens with zero attached hydrogens (tertiary/aromatic N) is 1. The van der Waals surface area contributed by atoms with Gasteiger partial charge in [-0.1, -0.05) is 67.7 Å². The molecule has 2 nitrogen and oxygen atoms in total. The summed E-state index contributed by atoms with van der Waals surface area (Å²) in [5, 5.41) is 0. The minimum atomic E-state index is 0.410. The van der Waals surface area contributed by atoms with E-state index in [9.17, 15) is 0 Å².